The number of para-hydroxylation sites is 2. The molecule has 0 spiro atoms. The van der Waals surface area contributed by atoms with Crippen molar-refractivity contribution in [1.29, 1.82) is 5.41 Å². The van der Waals surface area contributed by atoms with Crippen molar-refractivity contribution in [1.82, 2.24) is 94.6 Å². The Hall–Kier alpha value is -14.0. The highest BCUT2D eigenvalue weighted by atomic mass is 32.1. The van der Waals surface area contributed by atoms with Gasteiger partial charge in [-0.05, 0) is 125 Å². The van der Waals surface area contributed by atoms with Crippen LogP contribution in [0.3, 0.4) is 0 Å². The van der Waals surface area contributed by atoms with Gasteiger partial charge in [0.2, 0.25) is 100 Å². The van der Waals surface area contributed by atoms with Crippen LogP contribution in [-0.4, -0.2) is 294 Å². The Kier molecular flexibility index (Phi) is 43.6. The van der Waals surface area contributed by atoms with Crippen molar-refractivity contribution in [2.75, 3.05) is 44.3 Å². The molecule has 1 fully saturated rings. The van der Waals surface area contributed by atoms with E-state index in [4.69, 9.17) is 28.3 Å². The van der Waals surface area contributed by atoms with Crippen molar-refractivity contribution in [3.63, 3.8) is 0 Å². The number of aliphatic hydroxyl groups is 3. The van der Waals surface area contributed by atoms with Crippen molar-refractivity contribution < 1.29 is 112 Å². The van der Waals surface area contributed by atoms with Crippen molar-refractivity contribution in [3.05, 3.63) is 138 Å². The number of aliphatic hydroxyl groups excluding tert-OH is 3. The maximum absolute atomic E-state index is 15.3. The minimum absolute atomic E-state index is 0.0397. The summed E-state index contributed by atoms with van der Waals surface area (Å²) in [5.74, 6) is -20.0. The number of carboxylic acids is 1. The van der Waals surface area contributed by atoms with E-state index in [9.17, 15) is 97.5 Å². The molecule has 0 saturated carbocycles. The number of aromatic nitrogens is 2. The molecule has 16 atom stereocenters. The number of unbranched alkanes of at least 4 members (excludes halogenated alkanes) is 1. The molecule has 48 heteroatoms. The number of phenols is 1. The van der Waals surface area contributed by atoms with E-state index in [2.05, 4.69) is 115 Å². The number of likely N-dealkylation sites (tertiary alicyclic amines) is 1. The van der Waals surface area contributed by atoms with E-state index < -0.39 is 260 Å². The zero-order valence-electron chi connectivity index (χ0n) is 75.0. The monoisotopic (exact) mass is 1930 g/mol. The average molecular weight is 1930 g/mol. The third-order valence-corrected chi connectivity index (χ3v) is 22.8. The molecule has 738 valence electrons. The topological polar surface area (TPSA) is 752 Å². The Bertz CT molecular complexity index is 5200. The van der Waals surface area contributed by atoms with Gasteiger partial charge in [0.1, 0.15) is 90.3 Å². The van der Waals surface area contributed by atoms with Gasteiger partial charge < -0.3 is 143 Å². The van der Waals surface area contributed by atoms with Gasteiger partial charge in [0.25, 0.3) is 0 Å². The summed E-state index contributed by atoms with van der Waals surface area (Å²) in [6.07, 6.45) is -3.31. The lowest BCUT2D eigenvalue weighted by Crippen LogP contribution is -2.63. The second-order valence-corrected chi connectivity index (χ2v) is 33.4. The van der Waals surface area contributed by atoms with Gasteiger partial charge in [0, 0.05) is 104 Å². The SMILES string of the molecule is CC(=O)N[C@@H](CS)C(=O)N[C@@H](CCCNC(=N)N)C(=O)N[C@H](C(=O)N[C@@H](Cc1c[nH]c2ccccc12)C(=O)N[C@@H](CCC(N)=O)C(=O)N[C@@H](CS)C(=O)N[C@@H](Cc1ccc(O)cc1)C(=O)N[C@@H](Cc1c[nH]c2ccccc12)C(=O)N[C@H](C(=O)N[C@@H](CCCCN)C(=O)N[C@@H](Cc1ccccc1)C(=O)NCC(=O)N[C@@H](CO)C(=O)N[C@@H](CCC(=O)O)C(=O)N1CCC[C@H]1C(N)=O)[C@@H](C)O)[C@@H](C)O. The number of fused-ring (bicyclic) bond motifs is 2. The number of H-pyrrole nitrogens is 2. The Balaban J connectivity index is 1.12. The van der Waals surface area contributed by atoms with Crippen LogP contribution in [0.5, 0.6) is 5.75 Å². The van der Waals surface area contributed by atoms with Crippen LogP contribution in [-0.2, 0) is 112 Å². The lowest BCUT2D eigenvalue weighted by Gasteiger charge is -2.29. The molecule has 3 heterocycles. The fraction of sp³-hybridized carbons (Fsp3) is 0.466. The first-order valence-electron chi connectivity index (χ1n) is 43.9. The summed E-state index contributed by atoms with van der Waals surface area (Å²) in [6.45, 7) is 1.66. The maximum Gasteiger partial charge on any atom is 0.303 e. The third kappa shape index (κ3) is 34.2. The number of benzene rings is 4. The van der Waals surface area contributed by atoms with Crippen LogP contribution < -0.4 is 103 Å². The summed E-state index contributed by atoms with van der Waals surface area (Å²) in [5, 5.41) is 98.7. The molecule has 0 unspecified atom stereocenters. The number of aromatic hydroxyl groups is 1. The van der Waals surface area contributed by atoms with Crippen molar-refractivity contribution in [2.24, 2.45) is 22.9 Å². The Morgan fingerprint density at radius 1 is 0.463 bits per heavy atom. The third-order valence-electron chi connectivity index (χ3n) is 22.1. The van der Waals surface area contributed by atoms with Crippen molar-refractivity contribution >= 4 is 159 Å². The fourth-order valence-corrected chi connectivity index (χ4v) is 15.4. The number of thiol groups is 2. The summed E-state index contributed by atoms with van der Waals surface area (Å²) in [7, 11) is 0. The molecule has 1 aliphatic heterocycles. The van der Waals surface area contributed by atoms with Gasteiger partial charge in [0.05, 0.1) is 25.4 Å². The quantitative estimate of drug-likeness (QED) is 0.00731. The number of rotatable bonds is 56. The standard InChI is InChI=1S/C88H121N23O23S2/c1-45(113)72(85(132)102-57(21-11-12-32-89)76(123)104-61(35-48-15-5-4-6-16-48)75(122)97-41-70(118)99-65(42-112)82(129)103-60(29-31-71(119)120)87(134)111-34-14-23-68(111)74(91)121)110-81(128)64(38-51-40-96-56-20-10-8-18-54(51)56)106-79(126)62(36-49-24-26-52(116)27-25-49)105-84(131)67(44-136)108-77(124)59(28-30-69(90)117)101-80(127)63(37-50-39-95-55-19-9-7-17-53(50)55)107-86(133)73(46(2)114)109-78(125)58(22-13-33-94-88(92)93)100-83(130)66(43-135)98-47(3)115/h4-10,15-20,24-27,39-40,45-46,57-68,72-73,95-96,112-114,116,135-136H,11-14,21-23,28-38,41-44,89H2,1-3H3,(H2,90,117)(H2,91,121)(H,97,122)(H,98,115)(H,99,118)(H,100,130)(H,101,127)(H,102,132)(H,103,129)(H,104,123)(H,105,131)(H,106,126)(H,107,133)(H,108,124)(H,109,125)(H,110,128)(H,119,120)(H4,92,93,94)/t45-,46-,57+,58+,59+,60+,61+,62+,63+,64+,65+,66+,67+,68+,72+,73+/m1/s1. The first kappa shape index (κ1) is 109. The molecule has 0 radical (unpaired) electrons. The lowest BCUT2D eigenvalue weighted by atomic mass is 10.0. The van der Waals surface area contributed by atoms with Gasteiger partial charge in [-0.1, -0.05) is 78.9 Å². The Labute approximate surface area is 792 Å². The fourth-order valence-electron chi connectivity index (χ4n) is 14.9. The molecule has 7 rings (SSSR count). The summed E-state index contributed by atoms with van der Waals surface area (Å²) in [4.78, 5) is 258. The van der Waals surface area contributed by atoms with E-state index in [-0.39, 0.29) is 88.9 Å². The highest BCUT2D eigenvalue weighted by molar-refractivity contribution is 7.80. The van der Waals surface area contributed by atoms with E-state index in [1.165, 1.54) is 36.7 Å². The number of nitrogens with two attached hydrogens (primary N) is 4. The van der Waals surface area contributed by atoms with Gasteiger partial charge in [-0.25, -0.2) is 0 Å². The number of carbonyl (C=O) groups is 18. The number of amides is 17. The number of guanidine groups is 1. The average Bonchev–Trinajstić information content (AvgIpc) is 1.67. The molecule has 0 bridgehead atoms. The molecule has 2 aromatic heterocycles. The molecular formula is C88H121N23O23S2. The molecule has 1 aliphatic rings. The van der Waals surface area contributed by atoms with Gasteiger partial charge >= 0.3 is 5.97 Å². The van der Waals surface area contributed by atoms with Gasteiger partial charge in [-0.3, -0.25) is 91.7 Å². The zero-order chi connectivity index (χ0) is 100.0. The highest BCUT2D eigenvalue weighted by Gasteiger charge is 2.42. The number of hydrogen-bond acceptors (Lipinski definition) is 26. The molecule has 4 aromatic carbocycles. The van der Waals surface area contributed by atoms with E-state index in [1.807, 2.05) is 0 Å². The second kappa shape index (κ2) is 54.4. The summed E-state index contributed by atoms with van der Waals surface area (Å²) < 4.78 is 0. The largest absolute Gasteiger partial charge is 0.508 e. The number of aliphatic carboxylic acids is 1. The Morgan fingerprint density at radius 2 is 0.875 bits per heavy atom. The number of aromatic amines is 2. The molecule has 136 heavy (non-hydrogen) atoms. The molecular weight excluding hydrogens is 1810 g/mol. The number of carboxylic acid groups (broad SMARTS) is 1. The van der Waals surface area contributed by atoms with Crippen LogP contribution in [0.25, 0.3) is 21.8 Å². The van der Waals surface area contributed by atoms with Crippen LogP contribution in [0, 0.1) is 5.41 Å². The number of carbonyl (C=O) groups excluding carboxylic acids is 17. The van der Waals surface area contributed by atoms with Crippen molar-refractivity contribution in [2.45, 2.75) is 214 Å². The summed E-state index contributed by atoms with van der Waals surface area (Å²) in [6, 6.07) is 4.36. The van der Waals surface area contributed by atoms with Crippen molar-refractivity contribution in [3.8, 4) is 5.75 Å². The van der Waals surface area contributed by atoms with E-state index in [0.717, 1.165) is 25.7 Å². The first-order chi connectivity index (χ1) is 64.7. The molecule has 17 amide bonds. The van der Waals surface area contributed by atoms with E-state index in [0.29, 0.717) is 50.5 Å². The molecule has 0 aliphatic carbocycles. The molecule has 6 aromatic rings. The van der Waals surface area contributed by atoms with Crippen LogP contribution in [0.1, 0.15) is 114 Å². The van der Waals surface area contributed by atoms with E-state index in [1.54, 1.807) is 78.9 Å². The van der Waals surface area contributed by atoms with Gasteiger partial charge in [-0.2, -0.15) is 25.3 Å². The molecule has 31 N–H and O–H groups in total. The smallest absolute Gasteiger partial charge is 0.303 e. The Morgan fingerprint density at radius 3 is 1.36 bits per heavy atom. The van der Waals surface area contributed by atoms with Gasteiger partial charge in [-0.15, -0.1) is 0 Å². The van der Waals surface area contributed by atoms with Crippen LogP contribution in [0.2, 0.25) is 0 Å². The number of nitrogens with one attached hydrogen (secondary N) is 18. The highest BCUT2D eigenvalue weighted by Crippen LogP contribution is 2.24. The lowest BCUT2D eigenvalue weighted by molar-refractivity contribution is -0.142. The normalized spacial score (nSPS) is 15.6. The number of nitrogens with zero attached hydrogens (tertiary/aromatic N) is 1. The molecule has 1 saturated heterocycles. The predicted molar refractivity (Wildman–Crippen MR) is 499 cm³/mol. The summed E-state index contributed by atoms with van der Waals surface area (Å²) in [5.41, 5.74) is 25.2. The predicted octanol–water partition coefficient (Wildman–Crippen LogP) is -6.32. The first-order valence-corrected chi connectivity index (χ1v) is 45.2. The second-order valence-electron chi connectivity index (χ2n) is 32.6. The number of hydrogen-bond donors (Lipinski definition) is 29. The van der Waals surface area contributed by atoms with Crippen LogP contribution in [0.4, 0.5) is 0 Å². The summed E-state index contributed by atoms with van der Waals surface area (Å²) >= 11 is 8.53. The zero-order valence-corrected chi connectivity index (χ0v) is 76.8. The van der Waals surface area contributed by atoms with Crippen LogP contribution in [0.15, 0.2) is 116 Å². The number of phenolic OH excluding ortho intramolecular Hbond substituents is 1. The minimum Gasteiger partial charge on any atom is -0.508 e. The van der Waals surface area contributed by atoms with E-state index >= 15 is 14.4 Å². The number of primary amides is 2. The van der Waals surface area contributed by atoms with Gasteiger partial charge in [0.15, 0.2) is 5.96 Å². The minimum atomic E-state index is -1.96. The maximum atomic E-state index is 15.3. The van der Waals surface area contributed by atoms with Crippen LogP contribution >= 0.6 is 25.3 Å². The molecule has 46 nitrogen and oxygen atoms in total.